The highest BCUT2D eigenvalue weighted by Gasteiger charge is 2.10. The lowest BCUT2D eigenvalue weighted by atomic mass is 10.0. The maximum Gasteiger partial charge on any atom is 0.251 e. The molecular formula is C17H23NO3. The molecule has 0 aliphatic carbocycles. The average molecular weight is 289 g/mol. The number of hydrogen-bond donors (Lipinski definition) is 2. The molecule has 0 spiro atoms. The van der Waals surface area contributed by atoms with Crippen LogP contribution >= 0.6 is 0 Å². The van der Waals surface area contributed by atoms with E-state index in [0.29, 0.717) is 25.2 Å². The van der Waals surface area contributed by atoms with Crippen molar-refractivity contribution in [1.29, 1.82) is 0 Å². The number of rotatable bonds is 6. The van der Waals surface area contributed by atoms with E-state index in [1.54, 1.807) is 6.07 Å². The van der Waals surface area contributed by atoms with Gasteiger partial charge in [-0.25, -0.2) is 0 Å². The summed E-state index contributed by atoms with van der Waals surface area (Å²) in [6, 6.07) is 5.40. The number of amides is 1. The average Bonchev–Trinajstić information content (AvgIpc) is 2.46. The lowest BCUT2D eigenvalue weighted by Crippen LogP contribution is -2.35. The first kappa shape index (κ1) is 17.2. The Bertz CT molecular complexity index is 529. The predicted octanol–water partition coefficient (Wildman–Crippen LogP) is 1.88. The lowest BCUT2D eigenvalue weighted by Gasteiger charge is -2.14. The van der Waals surface area contributed by atoms with Crippen molar-refractivity contribution in [2.24, 2.45) is 0 Å². The Hall–Kier alpha value is -1.83. The van der Waals surface area contributed by atoms with Crippen LogP contribution in [0, 0.1) is 18.8 Å². The van der Waals surface area contributed by atoms with Crippen molar-refractivity contribution in [3.8, 4) is 11.8 Å². The third kappa shape index (κ3) is 5.99. The summed E-state index contributed by atoms with van der Waals surface area (Å²) in [6.45, 7) is 6.96. The smallest absolute Gasteiger partial charge is 0.251 e. The van der Waals surface area contributed by atoms with Crippen LogP contribution in [-0.4, -0.2) is 36.9 Å². The summed E-state index contributed by atoms with van der Waals surface area (Å²) in [7, 11) is 0. The van der Waals surface area contributed by atoms with Crippen LogP contribution in [0.5, 0.6) is 0 Å². The Morgan fingerprint density at radius 1 is 1.48 bits per heavy atom. The van der Waals surface area contributed by atoms with E-state index in [1.807, 2.05) is 32.9 Å². The second-order valence-electron chi connectivity index (χ2n) is 4.84. The summed E-state index contributed by atoms with van der Waals surface area (Å²) in [6.07, 6.45) is 0.455. The van der Waals surface area contributed by atoms with Gasteiger partial charge in [-0.3, -0.25) is 4.79 Å². The zero-order valence-electron chi connectivity index (χ0n) is 12.9. The molecular weight excluding hydrogens is 266 g/mol. The number of aliphatic hydroxyl groups excluding tert-OH is 1. The molecule has 2 N–H and O–H groups in total. The van der Waals surface area contributed by atoms with Crippen LogP contribution in [0.1, 0.15) is 41.8 Å². The molecule has 0 fully saturated rings. The summed E-state index contributed by atoms with van der Waals surface area (Å²) in [5, 5.41) is 11.6. The van der Waals surface area contributed by atoms with Crippen LogP contribution < -0.4 is 5.32 Å². The van der Waals surface area contributed by atoms with E-state index in [2.05, 4.69) is 17.2 Å². The van der Waals surface area contributed by atoms with Crippen LogP contribution in [0.4, 0.5) is 0 Å². The molecule has 1 aromatic carbocycles. The highest BCUT2D eigenvalue weighted by atomic mass is 16.5. The highest BCUT2D eigenvalue weighted by molar-refractivity contribution is 5.94. The number of carbonyl (C=O) groups is 1. The van der Waals surface area contributed by atoms with Gasteiger partial charge in [-0.1, -0.05) is 11.8 Å². The minimum atomic E-state index is -0.111. The van der Waals surface area contributed by atoms with E-state index in [4.69, 9.17) is 9.84 Å². The summed E-state index contributed by atoms with van der Waals surface area (Å²) in [4.78, 5) is 12.1. The first-order valence-corrected chi connectivity index (χ1v) is 7.17. The van der Waals surface area contributed by atoms with Crippen molar-refractivity contribution in [3.05, 3.63) is 34.9 Å². The summed E-state index contributed by atoms with van der Waals surface area (Å²) in [5.41, 5.74) is 2.44. The molecule has 114 valence electrons. The van der Waals surface area contributed by atoms with Crippen LogP contribution in [0.2, 0.25) is 0 Å². The maximum absolute atomic E-state index is 12.1. The fourth-order valence-corrected chi connectivity index (χ4v) is 1.80. The van der Waals surface area contributed by atoms with Gasteiger partial charge in [0.1, 0.15) is 0 Å². The van der Waals surface area contributed by atoms with E-state index in [0.717, 1.165) is 11.1 Å². The van der Waals surface area contributed by atoms with Crippen molar-refractivity contribution in [2.75, 3.05) is 19.8 Å². The third-order valence-corrected chi connectivity index (χ3v) is 2.90. The highest BCUT2D eigenvalue weighted by Crippen LogP contribution is 2.10. The Balaban J connectivity index is 2.70. The maximum atomic E-state index is 12.1. The fraction of sp³-hybridized carbons (Fsp3) is 0.471. The van der Waals surface area contributed by atoms with Crippen LogP contribution in [-0.2, 0) is 4.74 Å². The fourth-order valence-electron chi connectivity index (χ4n) is 1.80. The van der Waals surface area contributed by atoms with E-state index in [1.165, 1.54) is 0 Å². The molecule has 0 aliphatic rings. The van der Waals surface area contributed by atoms with Crippen molar-refractivity contribution in [3.63, 3.8) is 0 Å². The third-order valence-electron chi connectivity index (χ3n) is 2.90. The molecule has 0 aromatic heterocycles. The van der Waals surface area contributed by atoms with Crippen molar-refractivity contribution >= 4 is 5.91 Å². The zero-order chi connectivity index (χ0) is 15.7. The van der Waals surface area contributed by atoms with Gasteiger partial charge in [0, 0.05) is 30.2 Å². The molecule has 0 heterocycles. The molecule has 0 aliphatic heterocycles. The Labute approximate surface area is 126 Å². The van der Waals surface area contributed by atoms with Crippen molar-refractivity contribution in [2.45, 2.75) is 33.2 Å². The molecule has 1 atom stereocenters. The Morgan fingerprint density at radius 3 is 2.86 bits per heavy atom. The first-order valence-electron chi connectivity index (χ1n) is 7.17. The van der Waals surface area contributed by atoms with Crippen molar-refractivity contribution in [1.82, 2.24) is 5.32 Å². The Morgan fingerprint density at radius 2 is 2.24 bits per heavy atom. The van der Waals surface area contributed by atoms with Gasteiger partial charge in [0.25, 0.3) is 5.91 Å². The monoisotopic (exact) mass is 289 g/mol. The molecule has 0 radical (unpaired) electrons. The summed E-state index contributed by atoms with van der Waals surface area (Å²) in [5.74, 6) is 5.76. The van der Waals surface area contributed by atoms with Gasteiger partial charge in [0.05, 0.1) is 13.2 Å². The number of ether oxygens (including phenoxy) is 1. The molecule has 1 unspecified atom stereocenters. The van der Waals surface area contributed by atoms with Gasteiger partial charge in [-0.2, -0.15) is 0 Å². The second-order valence-corrected chi connectivity index (χ2v) is 4.84. The SMILES string of the molecule is CCOCC(C)NC(=O)c1ccc(C#CCCO)c(C)c1. The summed E-state index contributed by atoms with van der Waals surface area (Å²) >= 11 is 0. The molecule has 21 heavy (non-hydrogen) atoms. The first-order chi connectivity index (χ1) is 10.1. The Kier molecular flexibility index (Phi) is 7.52. The lowest BCUT2D eigenvalue weighted by molar-refractivity contribution is 0.0872. The van der Waals surface area contributed by atoms with Gasteiger partial charge in [0.2, 0.25) is 0 Å². The minimum absolute atomic E-state index is 0.0261. The van der Waals surface area contributed by atoms with E-state index >= 15 is 0 Å². The molecule has 4 heteroatoms. The standard InChI is InChI=1S/C17H23NO3/c1-4-21-12-14(3)18-17(20)16-9-8-15(13(2)11-16)7-5-6-10-19/h8-9,11,14,19H,4,6,10,12H2,1-3H3,(H,18,20). The van der Waals surface area contributed by atoms with Gasteiger partial charge >= 0.3 is 0 Å². The summed E-state index contributed by atoms with van der Waals surface area (Å²) < 4.78 is 5.28. The largest absolute Gasteiger partial charge is 0.395 e. The number of carbonyl (C=O) groups excluding carboxylic acids is 1. The molecule has 0 bridgehead atoms. The van der Waals surface area contributed by atoms with Crippen molar-refractivity contribution < 1.29 is 14.6 Å². The predicted molar refractivity (Wildman–Crippen MR) is 83.2 cm³/mol. The van der Waals surface area contributed by atoms with E-state index in [9.17, 15) is 4.79 Å². The topological polar surface area (TPSA) is 58.6 Å². The zero-order valence-corrected chi connectivity index (χ0v) is 12.9. The van der Waals surface area contributed by atoms with Gasteiger partial charge in [-0.15, -0.1) is 0 Å². The molecule has 0 saturated heterocycles. The van der Waals surface area contributed by atoms with Crippen LogP contribution in [0.25, 0.3) is 0 Å². The van der Waals surface area contributed by atoms with E-state index < -0.39 is 0 Å². The van der Waals surface area contributed by atoms with Crippen LogP contribution in [0.15, 0.2) is 18.2 Å². The molecule has 1 amide bonds. The molecule has 1 rings (SSSR count). The van der Waals surface area contributed by atoms with E-state index in [-0.39, 0.29) is 18.6 Å². The number of benzene rings is 1. The van der Waals surface area contributed by atoms with Crippen LogP contribution in [0.3, 0.4) is 0 Å². The normalized spacial score (nSPS) is 11.4. The van der Waals surface area contributed by atoms with Gasteiger partial charge in [0.15, 0.2) is 0 Å². The van der Waals surface area contributed by atoms with Gasteiger partial charge in [-0.05, 0) is 44.5 Å². The number of hydrogen-bond acceptors (Lipinski definition) is 3. The minimum Gasteiger partial charge on any atom is -0.395 e. The molecule has 0 saturated carbocycles. The number of aryl methyl sites for hydroxylation is 1. The number of nitrogens with one attached hydrogen (secondary N) is 1. The number of aliphatic hydroxyl groups is 1. The molecule has 1 aromatic rings. The second kappa shape index (κ2) is 9.17. The quantitative estimate of drug-likeness (QED) is 0.786. The molecule has 4 nitrogen and oxygen atoms in total. The van der Waals surface area contributed by atoms with Gasteiger partial charge < -0.3 is 15.2 Å².